The Morgan fingerprint density at radius 1 is 0.475 bits per heavy atom. The highest BCUT2D eigenvalue weighted by Gasteiger charge is 2.18. The van der Waals surface area contributed by atoms with Crippen molar-refractivity contribution in [1.82, 2.24) is 4.57 Å². The molecular weight excluding hydrogens is 484 g/mol. The van der Waals surface area contributed by atoms with Crippen LogP contribution >= 0.6 is 0 Å². The molecule has 0 saturated heterocycles. The smallest absolute Gasteiger partial charge is 0.0548 e. The lowest BCUT2D eigenvalue weighted by Gasteiger charge is -2.14. The van der Waals surface area contributed by atoms with Crippen LogP contribution in [0.15, 0.2) is 140 Å². The van der Waals surface area contributed by atoms with Crippen molar-refractivity contribution >= 4 is 65.9 Å². The molecule has 1 aromatic heterocycles. The maximum absolute atomic E-state index is 6.56. The second kappa shape index (κ2) is 8.86. The molecule has 0 atom stereocenters. The second-order valence-corrected chi connectivity index (χ2v) is 10.4. The van der Waals surface area contributed by atoms with Gasteiger partial charge in [0.1, 0.15) is 0 Å². The molecule has 0 fully saturated rings. The average molecular weight is 511 g/mol. The van der Waals surface area contributed by atoms with E-state index < -0.39 is 0 Å². The van der Waals surface area contributed by atoms with E-state index in [0.717, 1.165) is 22.5 Å². The molecule has 2 nitrogen and oxygen atoms in total. The summed E-state index contributed by atoms with van der Waals surface area (Å²) >= 11 is 0. The number of aromatic nitrogens is 1. The van der Waals surface area contributed by atoms with E-state index in [4.69, 9.17) is 5.73 Å². The fraction of sp³-hybridized carbons (Fsp3) is 0. The van der Waals surface area contributed by atoms with Gasteiger partial charge in [0.25, 0.3) is 0 Å². The highest BCUT2D eigenvalue weighted by Crippen LogP contribution is 2.42. The minimum atomic E-state index is 0.758. The first kappa shape index (κ1) is 22.6. The molecule has 0 saturated carbocycles. The molecule has 0 aliphatic heterocycles. The quantitative estimate of drug-likeness (QED) is 0.236. The molecule has 7 aromatic carbocycles. The van der Waals surface area contributed by atoms with E-state index in [0.29, 0.717) is 0 Å². The van der Waals surface area contributed by atoms with Crippen molar-refractivity contribution in [2.45, 2.75) is 0 Å². The Balaban J connectivity index is 1.48. The zero-order chi connectivity index (χ0) is 26.6. The number of hydrogen-bond donors (Lipinski definition) is 1. The van der Waals surface area contributed by atoms with Crippen LogP contribution in [0.3, 0.4) is 0 Å². The summed E-state index contributed by atoms with van der Waals surface area (Å²) in [6.07, 6.45) is 2.09. The summed E-state index contributed by atoms with van der Waals surface area (Å²) in [5.41, 5.74) is 13.0. The molecule has 0 bridgehead atoms. The van der Waals surface area contributed by atoms with Crippen LogP contribution in [-0.4, -0.2) is 4.57 Å². The molecule has 0 aliphatic rings. The Kier molecular flexibility index (Phi) is 5.01. The van der Waals surface area contributed by atoms with Gasteiger partial charge in [-0.1, -0.05) is 121 Å². The normalized spacial score (nSPS) is 12.2. The van der Waals surface area contributed by atoms with Crippen LogP contribution in [-0.2, 0) is 0 Å². The first-order valence-electron chi connectivity index (χ1n) is 13.7. The number of hydrogen-bond acceptors (Lipinski definition) is 1. The van der Waals surface area contributed by atoms with Gasteiger partial charge in [-0.15, -0.1) is 0 Å². The Morgan fingerprint density at radius 3 is 1.62 bits per heavy atom. The van der Waals surface area contributed by atoms with E-state index in [9.17, 15) is 0 Å². The lowest BCUT2D eigenvalue weighted by atomic mass is 10.00. The van der Waals surface area contributed by atoms with Crippen LogP contribution in [0, 0.1) is 0 Å². The third-order valence-electron chi connectivity index (χ3n) is 8.14. The first-order chi connectivity index (χ1) is 19.8. The minimum absolute atomic E-state index is 0.758. The van der Waals surface area contributed by atoms with Gasteiger partial charge >= 0.3 is 0 Å². The maximum atomic E-state index is 6.56. The predicted molar refractivity (Wildman–Crippen MR) is 172 cm³/mol. The van der Waals surface area contributed by atoms with E-state index >= 15 is 0 Å². The van der Waals surface area contributed by atoms with Gasteiger partial charge in [0, 0.05) is 21.9 Å². The van der Waals surface area contributed by atoms with Gasteiger partial charge in [0.2, 0.25) is 0 Å². The summed E-state index contributed by atoms with van der Waals surface area (Å²) in [6, 6.07) is 49.7. The van der Waals surface area contributed by atoms with Crippen LogP contribution in [0.5, 0.6) is 0 Å². The summed E-state index contributed by atoms with van der Waals surface area (Å²) in [7, 11) is 0. The molecular formula is C38H26N2. The fourth-order valence-electron chi connectivity index (χ4n) is 6.32. The van der Waals surface area contributed by atoms with Gasteiger partial charge in [0.05, 0.1) is 16.7 Å². The minimum Gasteiger partial charge on any atom is -0.398 e. The molecule has 0 unspecified atom stereocenters. The van der Waals surface area contributed by atoms with Crippen molar-refractivity contribution in [3.05, 3.63) is 151 Å². The summed E-state index contributed by atoms with van der Waals surface area (Å²) < 4.78 is 2.44. The topological polar surface area (TPSA) is 30.9 Å². The van der Waals surface area contributed by atoms with E-state index in [2.05, 4.69) is 132 Å². The van der Waals surface area contributed by atoms with Gasteiger partial charge in [0.15, 0.2) is 0 Å². The summed E-state index contributed by atoms with van der Waals surface area (Å²) in [5, 5.41) is 10.0. The van der Waals surface area contributed by atoms with Gasteiger partial charge in [-0.3, -0.25) is 0 Å². The molecule has 188 valence electrons. The highest BCUT2D eigenvalue weighted by molar-refractivity contribution is 6.28. The summed E-state index contributed by atoms with van der Waals surface area (Å²) in [6.45, 7) is 0. The zero-order valence-electron chi connectivity index (χ0n) is 21.9. The third kappa shape index (κ3) is 3.36. The largest absolute Gasteiger partial charge is 0.398 e. The molecule has 0 spiro atoms. The van der Waals surface area contributed by atoms with E-state index in [1.54, 1.807) is 0 Å². The average Bonchev–Trinajstić information content (AvgIpc) is 3.37. The molecule has 8 rings (SSSR count). The molecule has 0 radical (unpaired) electrons. The lowest BCUT2D eigenvalue weighted by molar-refractivity contribution is 1.20. The fourth-order valence-corrected chi connectivity index (χ4v) is 6.32. The number of nitrogens with zero attached hydrogens (tertiary/aromatic N) is 1. The van der Waals surface area contributed by atoms with Crippen LogP contribution in [0.4, 0.5) is 0 Å². The highest BCUT2D eigenvalue weighted by atomic mass is 15.0. The molecule has 1 heterocycles. The van der Waals surface area contributed by atoms with Crippen LogP contribution < -0.4 is 5.73 Å². The molecule has 0 amide bonds. The van der Waals surface area contributed by atoms with E-state index in [-0.39, 0.29) is 0 Å². The first-order valence-corrected chi connectivity index (χ1v) is 13.7. The van der Waals surface area contributed by atoms with Crippen molar-refractivity contribution < 1.29 is 0 Å². The predicted octanol–water partition coefficient (Wildman–Crippen LogP) is 9.70. The maximum Gasteiger partial charge on any atom is 0.0548 e. The molecule has 2 heteroatoms. The lowest BCUT2D eigenvalue weighted by Crippen LogP contribution is -1.98. The number of rotatable bonds is 3. The van der Waals surface area contributed by atoms with Crippen molar-refractivity contribution in [2.75, 3.05) is 0 Å². The van der Waals surface area contributed by atoms with Gasteiger partial charge in [-0.2, -0.15) is 0 Å². The van der Waals surface area contributed by atoms with Gasteiger partial charge in [-0.05, 0) is 62.3 Å². The SMILES string of the molecule is N/C(=C/c1ccc(-n2c3ccc4ccccc4c3c3c4ccccc4ccc32)c2ccccc12)c1ccccc1. The number of nitrogens with two attached hydrogens (primary N) is 1. The van der Waals surface area contributed by atoms with Crippen LogP contribution in [0.2, 0.25) is 0 Å². The van der Waals surface area contributed by atoms with Crippen LogP contribution in [0.25, 0.3) is 71.6 Å². The van der Waals surface area contributed by atoms with E-state index in [1.165, 1.54) is 54.1 Å². The van der Waals surface area contributed by atoms with Crippen molar-refractivity contribution in [1.29, 1.82) is 0 Å². The summed E-state index contributed by atoms with van der Waals surface area (Å²) in [5.74, 6) is 0. The molecule has 2 N–H and O–H groups in total. The molecule has 8 aromatic rings. The van der Waals surface area contributed by atoms with Crippen LogP contribution in [0.1, 0.15) is 11.1 Å². The zero-order valence-corrected chi connectivity index (χ0v) is 21.9. The Morgan fingerprint density at radius 2 is 1.00 bits per heavy atom. The third-order valence-corrected chi connectivity index (χ3v) is 8.14. The Labute approximate surface area is 232 Å². The number of benzene rings is 7. The molecule has 40 heavy (non-hydrogen) atoms. The number of fused-ring (bicyclic) bond motifs is 8. The second-order valence-electron chi connectivity index (χ2n) is 10.4. The summed E-state index contributed by atoms with van der Waals surface area (Å²) in [4.78, 5) is 0. The van der Waals surface area contributed by atoms with E-state index in [1.807, 2.05) is 18.2 Å². The monoisotopic (exact) mass is 510 g/mol. The van der Waals surface area contributed by atoms with Crippen molar-refractivity contribution in [2.24, 2.45) is 5.73 Å². The standard InChI is InChI=1S/C38H26N2/c39-33(27-12-2-1-3-13-27)24-28-20-21-34(32-17-9-8-14-29(28)32)40-35-22-18-25-10-4-6-15-30(25)37(35)38-31-16-7-5-11-26(31)19-23-36(38)40/h1-24H,39H2/b33-24+. The van der Waals surface area contributed by atoms with Gasteiger partial charge < -0.3 is 10.3 Å². The van der Waals surface area contributed by atoms with Crippen molar-refractivity contribution in [3.63, 3.8) is 0 Å². The Hall–Kier alpha value is -5.34. The Bertz CT molecular complexity index is 2180. The van der Waals surface area contributed by atoms with Gasteiger partial charge in [-0.25, -0.2) is 0 Å². The van der Waals surface area contributed by atoms with Crippen molar-refractivity contribution in [3.8, 4) is 5.69 Å². The molecule has 0 aliphatic carbocycles.